The highest BCUT2D eigenvalue weighted by atomic mass is 79.9. The summed E-state index contributed by atoms with van der Waals surface area (Å²) >= 11 is 3.34. The lowest BCUT2D eigenvalue weighted by molar-refractivity contribution is 0.273. The second-order valence-electron chi connectivity index (χ2n) is 3.19. The highest BCUT2D eigenvalue weighted by Gasteiger charge is 2.38. The molecule has 0 amide bonds. The molecule has 0 aromatic carbocycles. The van der Waals surface area contributed by atoms with Crippen molar-refractivity contribution in [2.75, 3.05) is 6.61 Å². The average Bonchev–Trinajstić information content (AvgIpc) is 2.85. The minimum absolute atomic E-state index is 0.294. The molecule has 64 valence electrons. The van der Waals surface area contributed by atoms with Crippen molar-refractivity contribution in [2.45, 2.75) is 12.3 Å². The van der Waals surface area contributed by atoms with E-state index in [-0.39, 0.29) is 0 Å². The molecule has 1 aromatic heterocycles. The second-order valence-corrected chi connectivity index (χ2v) is 4.10. The molecule has 1 heterocycles. The van der Waals surface area contributed by atoms with E-state index in [1.807, 2.05) is 18.3 Å². The van der Waals surface area contributed by atoms with Crippen molar-refractivity contribution < 1.29 is 5.11 Å². The zero-order valence-electron chi connectivity index (χ0n) is 6.57. The van der Waals surface area contributed by atoms with E-state index >= 15 is 0 Å². The lowest BCUT2D eigenvalue weighted by Gasteiger charge is -1.97. The van der Waals surface area contributed by atoms with Gasteiger partial charge in [-0.25, -0.2) is 0 Å². The van der Waals surface area contributed by atoms with Gasteiger partial charge in [-0.3, -0.25) is 4.98 Å². The SMILES string of the molecule is OC[C@H]1C[C@@H]1c1ccc(Br)cn1. The predicted octanol–water partition coefficient (Wildman–Crippen LogP) is 1.94. The van der Waals surface area contributed by atoms with Crippen molar-refractivity contribution in [3.63, 3.8) is 0 Å². The van der Waals surface area contributed by atoms with E-state index in [2.05, 4.69) is 20.9 Å². The number of hydrogen-bond donors (Lipinski definition) is 1. The standard InChI is InChI=1S/C9H10BrNO/c10-7-1-2-9(11-4-7)8-3-6(8)5-12/h1-2,4,6,8,12H,3,5H2/t6-,8+/m1/s1. The summed E-state index contributed by atoms with van der Waals surface area (Å²) in [6, 6.07) is 4.01. The molecule has 0 spiro atoms. The van der Waals surface area contributed by atoms with E-state index in [0.29, 0.717) is 18.4 Å². The van der Waals surface area contributed by atoms with Crippen LogP contribution in [0, 0.1) is 5.92 Å². The number of hydrogen-bond acceptors (Lipinski definition) is 2. The summed E-state index contributed by atoms with van der Waals surface area (Å²) in [5.74, 6) is 0.960. The Balaban J connectivity index is 2.10. The first-order chi connectivity index (χ1) is 5.81. The smallest absolute Gasteiger partial charge is 0.0465 e. The van der Waals surface area contributed by atoms with Crippen LogP contribution in [-0.2, 0) is 0 Å². The van der Waals surface area contributed by atoms with E-state index in [1.165, 1.54) is 0 Å². The van der Waals surface area contributed by atoms with Crippen LogP contribution in [-0.4, -0.2) is 16.7 Å². The number of pyridine rings is 1. The third-order valence-corrected chi connectivity index (χ3v) is 2.76. The molecule has 0 unspecified atom stereocenters. The topological polar surface area (TPSA) is 33.1 Å². The molecule has 0 bridgehead atoms. The maximum atomic E-state index is 8.86. The maximum absolute atomic E-state index is 8.86. The van der Waals surface area contributed by atoms with E-state index in [0.717, 1.165) is 16.6 Å². The van der Waals surface area contributed by atoms with Gasteiger partial charge in [0.15, 0.2) is 0 Å². The first kappa shape index (κ1) is 8.20. The van der Waals surface area contributed by atoms with Gasteiger partial charge in [0.05, 0.1) is 0 Å². The molecule has 2 atom stereocenters. The van der Waals surface area contributed by atoms with Gasteiger partial charge in [0, 0.05) is 28.9 Å². The van der Waals surface area contributed by atoms with Crippen molar-refractivity contribution in [3.8, 4) is 0 Å². The van der Waals surface area contributed by atoms with Crippen molar-refractivity contribution in [1.29, 1.82) is 0 Å². The lowest BCUT2D eigenvalue weighted by Crippen LogP contribution is -1.90. The molecule has 1 aliphatic rings. The molecular formula is C9H10BrNO. The van der Waals surface area contributed by atoms with Crippen LogP contribution in [0.2, 0.25) is 0 Å². The molecule has 3 heteroatoms. The fraction of sp³-hybridized carbons (Fsp3) is 0.444. The van der Waals surface area contributed by atoms with Crippen molar-refractivity contribution in [2.24, 2.45) is 5.92 Å². The summed E-state index contributed by atoms with van der Waals surface area (Å²) in [5, 5.41) is 8.86. The Hall–Kier alpha value is -0.410. The number of aliphatic hydroxyl groups excluding tert-OH is 1. The number of rotatable bonds is 2. The van der Waals surface area contributed by atoms with Gasteiger partial charge >= 0.3 is 0 Å². The van der Waals surface area contributed by atoms with Crippen LogP contribution in [0.1, 0.15) is 18.0 Å². The number of nitrogens with zero attached hydrogens (tertiary/aromatic N) is 1. The van der Waals surface area contributed by atoms with Gasteiger partial charge < -0.3 is 5.11 Å². The Labute approximate surface area is 79.8 Å². The number of halogens is 1. The van der Waals surface area contributed by atoms with Crippen LogP contribution in [0.25, 0.3) is 0 Å². The third-order valence-electron chi connectivity index (χ3n) is 2.29. The van der Waals surface area contributed by atoms with Gasteiger partial charge in [0.1, 0.15) is 0 Å². The Bertz CT molecular complexity index is 272. The largest absolute Gasteiger partial charge is 0.396 e. The summed E-state index contributed by atoms with van der Waals surface area (Å²) in [5.41, 5.74) is 1.11. The summed E-state index contributed by atoms with van der Waals surface area (Å²) in [7, 11) is 0. The fourth-order valence-corrected chi connectivity index (χ4v) is 1.65. The summed E-state index contributed by atoms with van der Waals surface area (Å²) in [6.07, 6.45) is 2.90. The van der Waals surface area contributed by atoms with E-state index < -0.39 is 0 Å². The monoisotopic (exact) mass is 227 g/mol. The van der Waals surface area contributed by atoms with Crippen LogP contribution >= 0.6 is 15.9 Å². The van der Waals surface area contributed by atoms with Crippen molar-refractivity contribution >= 4 is 15.9 Å². The molecule has 0 aliphatic heterocycles. The molecule has 2 nitrogen and oxygen atoms in total. The molecule has 1 saturated carbocycles. The van der Waals surface area contributed by atoms with E-state index in [1.54, 1.807) is 0 Å². The van der Waals surface area contributed by atoms with Gasteiger partial charge in [0.2, 0.25) is 0 Å². The van der Waals surface area contributed by atoms with Crippen molar-refractivity contribution in [1.82, 2.24) is 4.98 Å². The first-order valence-electron chi connectivity index (χ1n) is 4.03. The van der Waals surface area contributed by atoms with E-state index in [9.17, 15) is 0 Å². The average molecular weight is 228 g/mol. The maximum Gasteiger partial charge on any atom is 0.0465 e. The summed E-state index contributed by atoms with van der Waals surface area (Å²) in [6.45, 7) is 0.294. The molecule has 1 N–H and O–H groups in total. The quantitative estimate of drug-likeness (QED) is 0.838. The van der Waals surface area contributed by atoms with Gasteiger partial charge in [-0.2, -0.15) is 0 Å². The Kier molecular flexibility index (Phi) is 2.15. The van der Waals surface area contributed by atoms with Crippen LogP contribution in [0.4, 0.5) is 0 Å². The predicted molar refractivity (Wildman–Crippen MR) is 49.9 cm³/mol. The van der Waals surface area contributed by atoms with Crippen LogP contribution in [0.3, 0.4) is 0 Å². The Morgan fingerprint density at radius 1 is 1.58 bits per heavy atom. The zero-order valence-corrected chi connectivity index (χ0v) is 8.16. The lowest BCUT2D eigenvalue weighted by atomic mass is 10.2. The Morgan fingerprint density at radius 3 is 2.92 bits per heavy atom. The normalized spacial score (nSPS) is 27.2. The molecule has 0 saturated heterocycles. The minimum Gasteiger partial charge on any atom is -0.396 e. The molecule has 2 rings (SSSR count). The third kappa shape index (κ3) is 1.52. The molecule has 1 aliphatic carbocycles. The van der Waals surface area contributed by atoms with E-state index in [4.69, 9.17) is 5.11 Å². The second kappa shape index (κ2) is 3.15. The molecule has 1 aromatic rings. The summed E-state index contributed by atoms with van der Waals surface area (Å²) < 4.78 is 1.01. The van der Waals surface area contributed by atoms with Crippen LogP contribution < -0.4 is 0 Å². The summed E-state index contributed by atoms with van der Waals surface area (Å²) in [4.78, 5) is 4.28. The molecular weight excluding hydrogens is 218 g/mol. The zero-order chi connectivity index (χ0) is 8.55. The number of aromatic nitrogens is 1. The van der Waals surface area contributed by atoms with Gasteiger partial charge in [-0.05, 0) is 40.4 Å². The number of aliphatic hydroxyl groups is 1. The Morgan fingerprint density at radius 2 is 2.42 bits per heavy atom. The fourth-order valence-electron chi connectivity index (χ4n) is 1.42. The van der Waals surface area contributed by atoms with Gasteiger partial charge in [0.25, 0.3) is 0 Å². The highest BCUT2D eigenvalue weighted by Crippen LogP contribution is 2.46. The van der Waals surface area contributed by atoms with Crippen LogP contribution in [0.5, 0.6) is 0 Å². The first-order valence-corrected chi connectivity index (χ1v) is 4.83. The highest BCUT2D eigenvalue weighted by molar-refractivity contribution is 9.10. The molecule has 0 radical (unpaired) electrons. The molecule has 1 fully saturated rings. The van der Waals surface area contributed by atoms with Crippen LogP contribution in [0.15, 0.2) is 22.8 Å². The van der Waals surface area contributed by atoms with Gasteiger partial charge in [-0.1, -0.05) is 0 Å². The minimum atomic E-state index is 0.294. The van der Waals surface area contributed by atoms with Crippen molar-refractivity contribution in [3.05, 3.63) is 28.5 Å². The van der Waals surface area contributed by atoms with Gasteiger partial charge in [-0.15, -0.1) is 0 Å². The molecule has 12 heavy (non-hydrogen) atoms.